The number of hydrogen-bond donors (Lipinski definition) is 2. The second-order valence-corrected chi connectivity index (χ2v) is 8.47. The number of aliphatic hydroxyl groups excluding tert-OH is 1. The maximum Gasteiger partial charge on any atom is 0.338 e. The summed E-state index contributed by atoms with van der Waals surface area (Å²) in [6.45, 7) is 6.15. The first kappa shape index (κ1) is 16.3. The van der Waals surface area contributed by atoms with Crippen LogP contribution >= 0.6 is 0 Å². The lowest BCUT2D eigenvalue weighted by molar-refractivity contribution is -0.154. The molecule has 0 amide bonds. The van der Waals surface area contributed by atoms with E-state index in [0.29, 0.717) is 24.2 Å². The van der Waals surface area contributed by atoms with Crippen molar-refractivity contribution < 1.29 is 19.7 Å². The van der Waals surface area contributed by atoms with Crippen LogP contribution < -0.4 is 0 Å². The van der Waals surface area contributed by atoms with Gasteiger partial charge in [-0.1, -0.05) is 20.3 Å². The second kappa shape index (κ2) is 5.48. The molecule has 3 rings (SSSR count). The van der Waals surface area contributed by atoms with Crippen LogP contribution in [-0.4, -0.2) is 34.0 Å². The SMILES string of the molecule is CC(CC1CC(C)(O)C(=O)O1)C1CCC2C(O)CCCC12C. The topological polar surface area (TPSA) is 66.8 Å². The van der Waals surface area contributed by atoms with Crippen LogP contribution in [-0.2, 0) is 9.53 Å². The fraction of sp³-hybridized carbons (Fsp3) is 0.944. The first-order chi connectivity index (χ1) is 10.2. The molecule has 0 aromatic heterocycles. The Bertz CT molecular complexity index is 446. The van der Waals surface area contributed by atoms with Crippen molar-refractivity contribution in [1.29, 1.82) is 0 Å². The van der Waals surface area contributed by atoms with Gasteiger partial charge in [-0.25, -0.2) is 4.79 Å². The first-order valence-corrected chi connectivity index (χ1v) is 8.85. The Kier molecular flexibility index (Phi) is 4.05. The number of fused-ring (bicyclic) bond motifs is 1. The molecule has 1 heterocycles. The van der Waals surface area contributed by atoms with Crippen LogP contribution in [0.1, 0.15) is 65.7 Å². The average molecular weight is 310 g/mol. The number of esters is 1. The van der Waals surface area contributed by atoms with E-state index in [1.54, 1.807) is 6.92 Å². The van der Waals surface area contributed by atoms with Crippen LogP contribution in [0.2, 0.25) is 0 Å². The van der Waals surface area contributed by atoms with E-state index in [1.165, 1.54) is 6.42 Å². The van der Waals surface area contributed by atoms with Gasteiger partial charge in [-0.15, -0.1) is 0 Å². The summed E-state index contributed by atoms with van der Waals surface area (Å²) in [5, 5.41) is 20.3. The molecule has 0 aromatic rings. The summed E-state index contributed by atoms with van der Waals surface area (Å²) in [5.74, 6) is 0.986. The van der Waals surface area contributed by atoms with Gasteiger partial charge in [0.15, 0.2) is 5.60 Å². The summed E-state index contributed by atoms with van der Waals surface area (Å²) >= 11 is 0. The molecule has 1 aliphatic heterocycles. The van der Waals surface area contributed by atoms with Gasteiger partial charge >= 0.3 is 5.97 Å². The molecule has 0 aromatic carbocycles. The van der Waals surface area contributed by atoms with Crippen molar-refractivity contribution in [2.24, 2.45) is 23.2 Å². The average Bonchev–Trinajstić information content (AvgIpc) is 2.87. The minimum absolute atomic E-state index is 0.138. The summed E-state index contributed by atoms with van der Waals surface area (Å²) in [4.78, 5) is 11.6. The third-order valence-electron chi connectivity index (χ3n) is 6.82. The lowest BCUT2D eigenvalue weighted by Gasteiger charge is -2.45. The summed E-state index contributed by atoms with van der Waals surface area (Å²) in [6.07, 6.45) is 6.48. The fourth-order valence-electron chi connectivity index (χ4n) is 5.68. The molecule has 0 spiro atoms. The number of aliphatic hydroxyl groups is 2. The predicted octanol–water partition coefficient (Wildman–Crippen LogP) is 2.66. The summed E-state index contributed by atoms with van der Waals surface area (Å²) in [6, 6.07) is 0. The van der Waals surface area contributed by atoms with Gasteiger partial charge in [-0.3, -0.25) is 0 Å². The number of hydrogen-bond acceptors (Lipinski definition) is 4. The van der Waals surface area contributed by atoms with E-state index >= 15 is 0 Å². The Labute approximate surface area is 133 Å². The molecule has 2 saturated carbocycles. The highest BCUT2D eigenvalue weighted by atomic mass is 16.6. The Hall–Kier alpha value is -0.610. The highest BCUT2D eigenvalue weighted by Gasteiger charge is 2.53. The molecule has 2 N–H and O–H groups in total. The van der Waals surface area contributed by atoms with Crippen molar-refractivity contribution in [3.8, 4) is 0 Å². The standard InChI is InChI=1S/C18H30O4/c1-11(9-12-10-18(3,21)16(20)22-12)13-6-7-14-15(19)5-4-8-17(13,14)2/h11-15,19,21H,4-10H2,1-3H3. The summed E-state index contributed by atoms with van der Waals surface area (Å²) < 4.78 is 5.36. The van der Waals surface area contributed by atoms with E-state index in [4.69, 9.17) is 4.74 Å². The van der Waals surface area contributed by atoms with Gasteiger partial charge in [0.05, 0.1) is 6.10 Å². The normalized spacial score (nSPS) is 49.8. The monoisotopic (exact) mass is 310 g/mol. The number of carbonyl (C=O) groups is 1. The van der Waals surface area contributed by atoms with Gasteiger partial charge in [0, 0.05) is 6.42 Å². The summed E-state index contributed by atoms with van der Waals surface area (Å²) in [7, 11) is 0. The molecular formula is C18H30O4. The Morgan fingerprint density at radius 1 is 1.32 bits per heavy atom. The number of carbonyl (C=O) groups excluding carboxylic acids is 1. The van der Waals surface area contributed by atoms with Crippen LogP contribution in [0.25, 0.3) is 0 Å². The highest BCUT2D eigenvalue weighted by molar-refractivity contribution is 5.80. The molecular weight excluding hydrogens is 280 g/mol. The highest BCUT2D eigenvalue weighted by Crippen LogP contribution is 2.58. The number of rotatable bonds is 3. The molecule has 3 aliphatic rings. The molecule has 7 atom stereocenters. The molecule has 2 aliphatic carbocycles. The van der Waals surface area contributed by atoms with Crippen LogP contribution in [0, 0.1) is 23.2 Å². The molecule has 126 valence electrons. The quantitative estimate of drug-likeness (QED) is 0.787. The fourth-order valence-corrected chi connectivity index (χ4v) is 5.68. The molecule has 1 saturated heterocycles. The lowest BCUT2D eigenvalue weighted by Crippen LogP contribution is -2.41. The molecule has 3 fully saturated rings. The van der Waals surface area contributed by atoms with E-state index in [2.05, 4.69) is 13.8 Å². The minimum atomic E-state index is -1.31. The number of cyclic esters (lactones) is 1. The first-order valence-electron chi connectivity index (χ1n) is 8.85. The minimum Gasteiger partial charge on any atom is -0.460 e. The maximum atomic E-state index is 11.6. The Morgan fingerprint density at radius 3 is 2.68 bits per heavy atom. The van der Waals surface area contributed by atoms with E-state index in [0.717, 1.165) is 32.1 Å². The lowest BCUT2D eigenvalue weighted by atomic mass is 9.61. The molecule has 7 unspecified atom stereocenters. The molecule has 4 heteroatoms. The summed E-state index contributed by atoms with van der Waals surface area (Å²) in [5.41, 5.74) is -1.09. The van der Waals surface area contributed by atoms with Crippen molar-refractivity contribution in [1.82, 2.24) is 0 Å². The van der Waals surface area contributed by atoms with Crippen LogP contribution in [0.15, 0.2) is 0 Å². The van der Waals surface area contributed by atoms with Crippen molar-refractivity contribution >= 4 is 5.97 Å². The van der Waals surface area contributed by atoms with Gasteiger partial charge in [0.1, 0.15) is 6.10 Å². The van der Waals surface area contributed by atoms with E-state index < -0.39 is 11.6 Å². The molecule has 4 nitrogen and oxygen atoms in total. The zero-order valence-electron chi connectivity index (χ0n) is 14.0. The van der Waals surface area contributed by atoms with Crippen molar-refractivity contribution in [2.75, 3.05) is 0 Å². The molecule has 0 radical (unpaired) electrons. The largest absolute Gasteiger partial charge is 0.460 e. The van der Waals surface area contributed by atoms with E-state index in [9.17, 15) is 15.0 Å². The van der Waals surface area contributed by atoms with Gasteiger partial charge in [0.25, 0.3) is 0 Å². The van der Waals surface area contributed by atoms with Crippen LogP contribution in [0.4, 0.5) is 0 Å². The van der Waals surface area contributed by atoms with Gasteiger partial charge < -0.3 is 14.9 Å². The zero-order chi connectivity index (χ0) is 16.1. The Morgan fingerprint density at radius 2 is 2.05 bits per heavy atom. The van der Waals surface area contributed by atoms with Crippen LogP contribution in [0.3, 0.4) is 0 Å². The zero-order valence-corrected chi connectivity index (χ0v) is 14.0. The maximum absolute atomic E-state index is 11.6. The smallest absolute Gasteiger partial charge is 0.338 e. The number of ether oxygens (including phenoxy) is 1. The van der Waals surface area contributed by atoms with Gasteiger partial charge in [-0.2, -0.15) is 0 Å². The second-order valence-electron chi connectivity index (χ2n) is 8.47. The van der Waals surface area contributed by atoms with Crippen molar-refractivity contribution in [3.63, 3.8) is 0 Å². The van der Waals surface area contributed by atoms with E-state index in [1.807, 2.05) is 0 Å². The third-order valence-corrected chi connectivity index (χ3v) is 6.82. The van der Waals surface area contributed by atoms with Crippen LogP contribution in [0.5, 0.6) is 0 Å². The third kappa shape index (κ3) is 2.58. The van der Waals surface area contributed by atoms with Gasteiger partial charge in [-0.05, 0) is 62.2 Å². The van der Waals surface area contributed by atoms with Crippen molar-refractivity contribution in [3.05, 3.63) is 0 Å². The van der Waals surface area contributed by atoms with Crippen molar-refractivity contribution in [2.45, 2.75) is 83.5 Å². The predicted molar refractivity (Wildman–Crippen MR) is 83.1 cm³/mol. The van der Waals surface area contributed by atoms with E-state index in [-0.39, 0.29) is 17.6 Å². The molecule has 0 bridgehead atoms. The van der Waals surface area contributed by atoms with Gasteiger partial charge in [0.2, 0.25) is 0 Å². The molecule has 22 heavy (non-hydrogen) atoms. The Balaban J connectivity index is 1.66.